The molecule has 1 aromatic rings. The van der Waals surface area contributed by atoms with Gasteiger partial charge in [0, 0.05) is 19.1 Å². The summed E-state index contributed by atoms with van der Waals surface area (Å²) < 4.78 is 3.30. The van der Waals surface area contributed by atoms with Gasteiger partial charge in [0.25, 0.3) is 0 Å². The van der Waals surface area contributed by atoms with Crippen LogP contribution in [-0.2, 0) is 13.6 Å². The number of aromatic nitrogens is 2. The Balaban J connectivity index is 0.00000196. The molecule has 0 fully saturated rings. The molecule has 0 aliphatic rings. The van der Waals surface area contributed by atoms with Crippen LogP contribution in [0.15, 0.2) is 10.9 Å². The summed E-state index contributed by atoms with van der Waals surface area (Å²) in [6.07, 6.45) is 0.615. The van der Waals surface area contributed by atoms with Gasteiger partial charge in [-0.05, 0) is 13.8 Å². The van der Waals surface area contributed by atoms with E-state index in [-0.39, 0.29) is 29.3 Å². The van der Waals surface area contributed by atoms with Gasteiger partial charge in [-0.25, -0.2) is 0 Å². The van der Waals surface area contributed by atoms with Crippen molar-refractivity contribution in [2.75, 3.05) is 6.61 Å². The number of halogens is 1. The van der Waals surface area contributed by atoms with Crippen molar-refractivity contribution in [2.45, 2.75) is 26.8 Å². The summed E-state index contributed by atoms with van der Waals surface area (Å²) in [7, 11) is 1.76. The SMILES string of the molecule is Cc1cc(C)[n+](C)c(=O)n1CCCO.[Br-]. The maximum absolute atomic E-state index is 11.8. The summed E-state index contributed by atoms with van der Waals surface area (Å²) in [6, 6.07) is 1.97. The van der Waals surface area contributed by atoms with Crippen LogP contribution in [0.3, 0.4) is 0 Å². The first-order valence-corrected chi connectivity index (χ1v) is 4.76. The van der Waals surface area contributed by atoms with Gasteiger partial charge in [0.1, 0.15) is 11.4 Å². The summed E-state index contributed by atoms with van der Waals surface area (Å²) in [5.74, 6) is 0. The molecule has 0 aliphatic carbocycles. The first kappa shape index (κ1) is 14.3. The molecule has 1 aromatic heterocycles. The minimum absolute atomic E-state index is 0. The summed E-state index contributed by atoms with van der Waals surface area (Å²) in [5.41, 5.74) is 1.88. The van der Waals surface area contributed by atoms with Crippen LogP contribution in [0.25, 0.3) is 0 Å². The van der Waals surface area contributed by atoms with Crippen LogP contribution in [0.4, 0.5) is 0 Å². The lowest BCUT2D eigenvalue weighted by atomic mass is 10.3. The molecule has 5 heteroatoms. The highest BCUT2D eigenvalue weighted by atomic mass is 79.9. The molecule has 0 bridgehead atoms. The molecule has 4 nitrogen and oxygen atoms in total. The number of hydrogen-bond donors (Lipinski definition) is 1. The number of hydrogen-bond acceptors (Lipinski definition) is 2. The summed E-state index contributed by atoms with van der Waals surface area (Å²) in [4.78, 5) is 11.8. The van der Waals surface area contributed by atoms with E-state index in [4.69, 9.17) is 5.11 Å². The van der Waals surface area contributed by atoms with Gasteiger partial charge in [0.05, 0.1) is 13.6 Å². The van der Waals surface area contributed by atoms with E-state index in [1.165, 1.54) is 0 Å². The van der Waals surface area contributed by atoms with Gasteiger partial charge >= 0.3 is 5.69 Å². The Morgan fingerprint density at radius 3 is 2.60 bits per heavy atom. The van der Waals surface area contributed by atoms with Crippen molar-refractivity contribution >= 4 is 0 Å². The molecule has 0 amide bonds. The molecule has 15 heavy (non-hydrogen) atoms. The standard InChI is InChI=1S/C10H17N2O2.BrH/c1-8-7-9(2)12(5-4-6-13)10(14)11(8)3;/h7,13H,4-6H2,1-3H3;1H/q+1;/p-1. The predicted octanol–water partition coefficient (Wildman–Crippen LogP) is -3.32. The van der Waals surface area contributed by atoms with Gasteiger partial charge in [0.2, 0.25) is 0 Å². The highest BCUT2D eigenvalue weighted by Gasteiger charge is 2.13. The lowest BCUT2D eigenvalue weighted by Crippen LogP contribution is -3.00. The first-order chi connectivity index (χ1) is 6.57. The van der Waals surface area contributed by atoms with Crippen LogP contribution >= 0.6 is 0 Å². The minimum atomic E-state index is -0.0176. The fourth-order valence-electron chi connectivity index (χ4n) is 1.46. The molecule has 0 atom stereocenters. The van der Waals surface area contributed by atoms with Crippen molar-refractivity contribution in [3.8, 4) is 0 Å². The summed E-state index contributed by atoms with van der Waals surface area (Å²) in [6.45, 7) is 4.51. The summed E-state index contributed by atoms with van der Waals surface area (Å²) >= 11 is 0. The van der Waals surface area contributed by atoms with Gasteiger partial charge in [-0.15, -0.1) is 0 Å². The zero-order chi connectivity index (χ0) is 10.7. The molecular formula is C10H17BrN2O2. The van der Waals surface area contributed by atoms with Crippen molar-refractivity contribution in [2.24, 2.45) is 7.05 Å². The van der Waals surface area contributed by atoms with Gasteiger partial charge in [-0.2, -0.15) is 13.9 Å². The quantitative estimate of drug-likeness (QED) is 0.588. The molecule has 1 heterocycles. The van der Waals surface area contributed by atoms with Gasteiger partial charge in [0.15, 0.2) is 0 Å². The van der Waals surface area contributed by atoms with E-state index in [0.717, 1.165) is 11.4 Å². The van der Waals surface area contributed by atoms with E-state index in [1.807, 2.05) is 19.9 Å². The molecule has 0 saturated heterocycles. The van der Waals surface area contributed by atoms with Gasteiger partial charge in [-0.1, -0.05) is 0 Å². The number of aliphatic hydroxyl groups excluding tert-OH is 1. The largest absolute Gasteiger partial charge is 1.00 e. The first-order valence-electron chi connectivity index (χ1n) is 4.76. The number of nitrogens with zero attached hydrogens (tertiary/aromatic N) is 2. The van der Waals surface area contributed by atoms with Crippen molar-refractivity contribution < 1.29 is 26.7 Å². The maximum Gasteiger partial charge on any atom is 0.498 e. The average molecular weight is 277 g/mol. The second kappa shape index (κ2) is 6.02. The molecule has 0 aromatic carbocycles. The van der Waals surface area contributed by atoms with E-state index in [1.54, 1.807) is 16.2 Å². The molecule has 0 unspecified atom stereocenters. The smallest absolute Gasteiger partial charge is 0.498 e. The van der Waals surface area contributed by atoms with E-state index < -0.39 is 0 Å². The van der Waals surface area contributed by atoms with Crippen LogP contribution in [0.1, 0.15) is 17.8 Å². The van der Waals surface area contributed by atoms with E-state index in [2.05, 4.69) is 0 Å². The lowest BCUT2D eigenvalue weighted by molar-refractivity contribution is -0.697. The molecule has 0 aliphatic heterocycles. The van der Waals surface area contributed by atoms with Crippen LogP contribution in [0, 0.1) is 13.8 Å². The van der Waals surface area contributed by atoms with E-state index in [0.29, 0.717) is 13.0 Å². The maximum atomic E-state index is 11.8. The Labute approximate surface area is 99.9 Å². The van der Waals surface area contributed by atoms with Crippen LogP contribution < -0.4 is 27.2 Å². The van der Waals surface area contributed by atoms with E-state index >= 15 is 0 Å². The number of aliphatic hydroxyl groups is 1. The zero-order valence-electron chi connectivity index (χ0n) is 9.33. The normalized spacial score (nSPS) is 9.87. The molecule has 0 radical (unpaired) electrons. The minimum Gasteiger partial charge on any atom is -1.00 e. The molecule has 1 N–H and O–H groups in total. The van der Waals surface area contributed by atoms with Gasteiger partial charge < -0.3 is 22.1 Å². The second-order valence-corrected chi connectivity index (χ2v) is 3.50. The highest BCUT2D eigenvalue weighted by Crippen LogP contribution is 1.96. The van der Waals surface area contributed by atoms with Crippen LogP contribution in [0.5, 0.6) is 0 Å². The van der Waals surface area contributed by atoms with E-state index in [9.17, 15) is 4.79 Å². The predicted molar refractivity (Wildman–Crippen MR) is 53.1 cm³/mol. The zero-order valence-corrected chi connectivity index (χ0v) is 10.9. The molecule has 1 rings (SSSR count). The Morgan fingerprint density at radius 2 is 2.07 bits per heavy atom. The Hall–Kier alpha value is -0.680. The second-order valence-electron chi connectivity index (χ2n) is 3.50. The van der Waals surface area contributed by atoms with Gasteiger partial charge in [-0.3, -0.25) is 0 Å². The number of aryl methyl sites for hydroxylation is 2. The van der Waals surface area contributed by atoms with Crippen molar-refractivity contribution in [1.29, 1.82) is 0 Å². The molecular weight excluding hydrogens is 260 g/mol. The summed E-state index contributed by atoms with van der Waals surface area (Å²) in [5, 5.41) is 8.71. The van der Waals surface area contributed by atoms with Crippen molar-refractivity contribution in [1.82, 2.24) is 4.57 Å². The van der Waals surface area contributed by atoms with Crippen molar-refractivity contribution in [3.63, 3.8) is 0 Å². The molecule has 0 spiro atoms. The monoisotopic (exact) mass is 276 g/mol. The average Bonchev–Trinajstić information content (AvgIpc) is 2.14. The van der Waals surface area contributed by atoms with Crippen molar-refractivity contribution in [3.05, 3.63) is 27.9 Å². The lowest BCUT2D eigenvalue weighted by Gasteiger charge is -2.04. The third-order valence-electron chi connectivity index (χ3n) is 2.43. The Morgan fingerprint density at radius 1 is 1.47 bits per heavy atom. The Kier molecular flexibility index (Phi) is 5.75. The Bertz CT molecular complexity index is 388. The highest BCUT2D eigenvalue weighted by molar-refractivity contribution is 5.02. The fourth-order valence-corrected chi connectivity index (χ4v) is 1.46. The van der Waals surface area contributed by atoms with Crippen LogP contribution in [0.2, 0.25) is 0 Å². The third-order valence-corrected chi connectivity index (χ3v) is 2.43. The molecule has 0 saturated carbocycles. The van der Waals surface area contributed by atoms with Crippen LogP contribution in [-0.4, -0.2) is 16.3 Å². The number of rotatable bonds is 3. The molecule has 86 valence electrons. The fraction of sp³-hybridized carbons (Fsp3) is 0.600. The topological polar surface area (TPSA) is 46.1 Å². The third kappa shape index (κ3) is 3.14.